The zero-order valence-corrected chi connectivity index (χ0v) is 15.8. The monoisotopic (exact) mass is 362 g/mol. The van der Waals surface area contributed by atoms with Crippen molar-refractivity contribution in [1.29, 1.82) is 0 Å². The molecule has 3 rings (SSSR count). The van der Waals surface area contributed by atoms with Gasteiger partial charge in [0.05, 0.1) is 13.2 Å². The van der Waals surface area contributed by atoms with Gasteiger partial charge in [-0.25, -0.2) is 0 Å². The highest BCUT2D eigenvalue weighted by atomic mass is 16.5. The van der Waals surface area contributed by atoms with Gasteiger partial charge in [-0.3, -0.25) is 4.79 Å². The smallest absolute Gasteiger partial charge is 0.221 e. The standard InChI is InChI=1S/C23H26N2O2/c1-16(18-8-5-9-21(14-18)27-2)12-23(26)25-22(15-24)20-11-10-17-6-3-4-7-19(17)13-20/h3-11,13-14,16,22H,12,15,24H2,1-2H3,(H,25,26). The predicted molar refractivity (Wildman–Crippen MR) is 110 cm³/mol. The zero-order chi connectivity index (χ0) is 19.2. The molecule has 0 fully saturated rings. The van der Waals surface area contributed by atoms with E-state index in [-0.39, 0.29) is 17.9 Å². The zero-order valence-electron chi connectivity index (χ0n) is 15.8. The van der Waals surface area contributed by atoms with Crippen LogP contribution in [0.1, 0.15) is 36.4 Å². The summed E-state index contributed by atoms with van der Waals surface area (Å²) in [4.78, 5) is 12.6. The van der Waals surface area contributed by atoms with Crippen molar-refractivity contribution in [3.05, 3.63) is 77.9 Å². The van der Waals surface area contributed by atoms with E-state index in [9.17, 15) is 4.79 Å². The van der Waals surface area contributed by atoms with E-state index in [0.717, 1.165) is 22.3 Å². The second kappa shape index (κ2) is 8.69. The van der Waals surface area contributed by atoms with Crippen LogP contribution in [-0.2, 0) is 4.79 Å². The highest BCUT2D eigenvalue weighted by molar-refractivity contribution is 5.83. The normalized spacial score (nSPS) is 13.1. The van der Waals surface area contributed by atoms with E-state index < -0.39 is 0 Å². The SMILES string of the molecule is COc1cccc(C(C)CC(=O)NC(CN)c2ccc3ccccc3c2)c1. The summed E-state index contributed by atoms with van der Waals surface area (Å²) in [6.07, 6.45) is 0.400. The number of carbonyl (C=O) groups is 1. The van der Waals surface area contributed by atoms with Gasteiger partial charge >= 0.3 is 0 Å². The van der Waals surface area contributed by atoms with Crippen LogP contribution in [0.5, 0.6) is 5.75 Å². The number of methoxy groups -OCH3 is 1. The Kier molecular flexibility index (Phi) is 6.09. The van der Waals surface area contributed by atoms with E-state index in [0.29, 0.717) is 13.0 Å². The van der Waals surface area contributed by atoms with Crippen LogP contribution in [0.25, 0.3) is 10.8 Å². The van der Waals surface area contributed by atoms with Gasteiger partial charge in [0.2, 0.25) is 5.91 Å². The van der Waals surface area contributed by atoms with Crippen LogP contribution >= 0.6 is 0 Å². The molecule has 3 aromatic carbocycles. The maximum Gasteiger partial charge on any atom is 0.221 e. The molecule has 0 saturated carbocycles. The molecule has 140 valence electrons. The summed E-state index contributed by atoms with van der Waals surface area (Å²) in [5, 5.41) is 5.40. The van der Waals surface area contributed by atoms with Crippen molar-refractivity contribution in [2.45, 2.75) is 25.3 Å². The molecule has 0 radical (unpaired) electrons. The van der Waals surface area contributed by atoms with E-state index in [4.69, 9.17) is 10.5 Å². The van der Waals surface area contributed by atoms with E-state index in [1.54, 1.807) is 7.11 Å². The first kappa shape index (κ1) is 18.9. The summed E-state index contributed by atoms with van der Waals surface area (Å²) in [7, 11) is 1.64. The third-order valence-electron chi connectivity index (χ3n) is 4.90. The van der Waals surface area contributed by atoms with E-state index in [2.05, 4.69) is 29.6 Å². The maximum atomic E-state index is 12.6. The number of fused-ring (bicyclic) bond motifs is 1. The molecular formula is C23H26N2O2. The van der Waals surface area contributed by atoms with Crippen molar-refractivity contribution < 1.29 is 9.53 Å². The Balaban J connectivity index is 1.68. The summed E-state index contributed by atoms with van der Waals surface area (Å²) >= 11 is 0. The van der Waals surface area contributed by atoms with Gasteiger partial charge in [0, 0.05) is 13.0 Å². The fourth-order valence-electron chi connectivity index (χ4n) is 3.30. The van der Waals surface area contributed by atoms with Crippen LogP contribution in [-0.4, -0.2) is 19.6 Å². The van der Waals surface area contributed by atoms with Crippen molar-refractivity contribution in [3.8, 4) is 5.75 Å². The molecule has 27 heavy (non-hydrogen) atoms. The first-order valence-electron chi connectivity index (χ1n) is 9.22. The van der Waals surface area contributed by atoms with Crippen molar-refractivity contribution in [2.24, 2.45) is 5.73 Å². The fourth-order valence-corrected chi connectivity index (χ4v) is 3.30. The molecule has 4 nitrogen and oxygen atoms in total. The fraction of sp³-hybridized carbons (Fsp3) is 0.261. The molecule has 0 saturated heterocycles. The largest absolute Gasteiger partial charge is 0.497 e. The minimum Gasteiger partial charge on any atom is -0.497 e. The summed E-state index contributed by atoms with van der Waals surface area (Å²) < 4.78 is 5.27. The van der Waals surface area contributed by atoms with Gasteiger partial charge in [-0.15, -0.1) is 0 Å². The molecule has 0 aliphatic heterocycles. The van der Waals surface area contributed by atoms with Crippen molar-refractivity contribution in [3.63, 3.8) is 0 Å². The lowest BCUT2D eigenvalue weighted by molar-refractivity contribution is -0.122. The molecule has 0 aromatic heterocycles. The number of hydrogen-bond donors (Lipinski definition) is 2. The molecule has 0 aliphatic rings. The Labute approximate surface area is 160 Å². The molecule has 3 aromatic rings. The van der Waals surface area contributed by atoms with Crippen LogP contribution in [0.15, 0.2) is 66.7 Å². The number of amides is 1. The summed E-state index contributed by atoms with van der Waals surface area (Å²) in [6, 6.07) is 22.0. The van der Waals surface area contributed by atoms with Gasteiger partial charge in [0.25, 0.3) is 0 Å². The number of ether oxygens (including phenoxy) is 1. The van der Waals surface area contributed by atoms with Gasteiger partial charge in [0.15, 0.2) is 0 Å². The average Bonchev–Trinajstić information content (AvgIpc) is 2.71. The van der Waals surface area contributed by atoms with E-state index >= 15 is 0 Å². The van der Waals surface area contributed by atoms with Crippen molar-refractivity contribution in [1.82, 2.24) is 5.32 Å². The molecule has 2 unspecified atom stereocenters. The second-order valence-corrected chi connectivity index (χ2v) is 6.84. The predicted octanol–water partition coefficient (Wildman–Crippen LogP) is 4.16. The highest BCUT2D eigenvalue weighted by Gasteiger charge is 2.17. The first-order chi connectivity index (χ1) is 13.1. The molecular weight excluding hydrogens is 336 g/mol. The van der Waals surface area contributed by atoms with Gasteiger partial charge in [-0.2, -0.15) is 0 Å². The Bertz CT molecular complexity index is 923. The van der Waals surface area contributed by atoms with Crippen molar-refractivity contribution in [2.75, 3.05) is 13.7 Å². The second-order valence-electron chi connectivity index (χ2n) is 6.84. The molecule has 0 spiro atoms. The van der Waals surface area contributed by atoms with Crippen molar-refractivity contribution >= 4 is 16.7 Å². The molecule has 3 N–H and O–H groups in total. The molecule has 4 heteroatoms. The Morgan fingerprint density at radius 1 is 1.00 bits per heavy atom. The molecule has 0 aliphatic carbocycles. The Morgan fingerprint density at radius 3 is 2.52 bits per heavy atom. The molecule has 0 bridgehead atoms. The van der Waals surface area contributed by atoms with E-state index in [1.165, 1.54) is 5.39 Å². The summed E-state index contributed by atoms with van der Waals surface area (Å²) in [5.74, 6) is 0.889. The summed E-state index contributed by atoms with van der Waals surface area (Å²) in [6.45, 7) is 2.40. The average molecular weight is 362 g/mol. The number of nitrogens with two attached hydrogens (primary N) is 1. The number of rotatable bonds is 7. The van der Waals surface area contributed by atoms with Crippen LogP contribution in [0, 0.1) is 0 Å². The minimum atomic E-state index is -0.195. The molecule has 1 amide bonds. The minimum absolute atomic E-state index is 0.00562. The number of carbonyl (C=O) groups excluding carboxylic acids is 1. The van der Waals surface area contributed by atoms with Gasteiger partial charge < -0.3 is 15.8 Å². The van der Waals surface area contributed by atoms with Crippen LogP contribution < -0.4 is 15.8 Å². The summed E-state index contributed by atoms with van der Waals surface area (Å²) in [5.41, 5.74) is 8.06. The Hall–Kier alpha value is -2.85. The highest BCUT2D eigenvalue weighted by Crippen LogP contribution is 2.24. The Morgan fingerprint density at radius 2 is 1.78 bits per heavy atom. The molecule has 2 atom stereocenters. The van der Waals surface area contributed by atoms with Crippen LogP contribution in [0.2, 0.25) is 0 Å². The third kappa shape index (κ3) is 4.66. The van der Waals surface area contributed by atoms with Crippen LogP contribution in [0.4, 0.5) is 0 Å². The first-order valence-corrected chi connectivity index (χ1v) is 9.22. The third-order valence-corrected chi connectivity index (χ3v) is 4.90. The number of benzene rings is 3. The number of hydrogen-bond acceptors (Lipinski definition) is 3. The molecule has 0 heterocycles. The van der Waals surface area contributed by atoms with Gasteiger partial charge in [-0.05, 0) is 46.0 Å². The lowest BCUT2D eigenvalue weighted by atomic mass is 9.96. The van der Waals surface area contributed by atoms with Gasteiger partial charge in [0.1, 0.15) is 5.75 Å². The quantitative estimate of drug-likeness (QED) is 0.663. The lowest BCUT2D eigenvalue weighted by Crippen LogP contribution is -2.33. The van der Waals surface area contributed by atoms with Gasteiger partial charge in [-0.1, -0.05) is 55.5 Å². The maximum absolute atomic E-state index is 12.6. The topological polar surface area (TPSA) is 64.3 Å². The number of nitrogens with one attached hydrogen (secondary N) is 1. The van der Waals surface area contributed by atoms with E-state index in [1.807, 2.05) is 49.4 Å². The van der Waals surface area contributed by atoms with Crippen LogP contribution in [0.3, 0.4) is 0 Å². The lowest BCUT2D eigenvalue weighted by Gasteiger charge is -2.20.